The van der Waals surface area contributed by atoms with Gasteiger partial charge in [0.05, 0.1) is 11.0 Å². The molecule has 2 aliphatic rings. The summed E-state index contributed by atoms with van der Waals surface area (Å²) in [6, 6.07) is 6.73. The highest BCUT2D eigenvalue weighted by atomic mass is 32.2. The van der Waals surface area contributed by atoms with Crippen LogP contribution in [0.15, 0.2) is 29.2 Å². The second-order valence-electron chi connectivity index (χ2n) is 6.11. The van der Waals surface area contributed by atoms with Gasteiger partial charge in [-0.2, -0.15) is 4.31 Å². The molecule has 8 heteroatoms. The number of ether oxygens (including phenoxy) is 1. The summed E-state index contributed by atoms with van der Waals surface area (Å²) in [4.78, 5) is 0.327. The summed E-state index contributed by atoms with van der Waals surface area (Å²) in [5, 5.41) is 6.72. The van der Waals surface area contributed by atoms with Crippen LogP contribution in [-0.4, -0.2) is 50.2 Å². The number of nitrogens with zero attached hydrogens (tertiary/aromatic N) is 1. The summed E-state index contributed by atoms with van der Waals surface area (Å²) in [5.74, 6) is 0. The first kappa shape index (κ1) is 17.6. The lowest BCUT2D eigenvalue weighted by Gasteiger charge is -2.16. The molecule has 132 valence electrons. The van der Waals surface area contributed by atoms with Crippen molar-refractivity contribution in [2.75, 3.05) is 31.6 Å². The van der Waals surface area contributed by atoms with Gasteiger partial charge >= 0.3 is 0 Å². The topological polar surface area (TPSA) is 70.7 Å². The second-order valence-corrected chi connectivity index (χ2v) is 8.45. The predicted octanol–water partition coefficient (Wildman–Crippen LogP) is 1.94. The molecule has 0 radical (unpaired) electrons. The summed E-state index contributed by atoms with van der Waals surface area (Å²) < 4.78 is 32.0. The third kappa shape index (κ3) is 4.24. The van der Waals surface area contributed by atoms with E-state index in [-0.39, 0.29) is 6.10 Å². The van der Waals surface area contributed by atoms with Gasteiger partial charge in [-0.1, -0.05) is 0 Å². The Balaban J connectivity index is 1.55. The van der Waals surface area contributed by atoms with Gasteiger partial charge in [0, 0.05) is 31.9 Å². The summed E-state index contributed by atoms with van der Waals surface area (Å²) in [6.45, 7) is 2.73. The lowest BCUT2D eigenvalue weighted by atomic mass is 10.2. The van der Waals surface area contributed by atoms with Crippen LogP contribution in [0.4, 0.5) is 5.69 Å². The third-order valence-corrected chi connectivity index (χ3v) is 6.49. The van der Waals surface area contributed by atoms with Crippen LogP contribution in [0.25, 0.3) is 0 Å². The molecule has 3 rings (SSSR count). The van der Waals surface area contributed by atoms with Crippen molar-refractivity contribution in [3.63, 3.8) is 0 Å². The fraction of sp³-hybridized carbons (Fsp3) is 0.562. The van der Waals surface area contributed by atoms with E-state index in [9.17, 15) is 8.42 Å². The molecule has 0 unspecified atom stereocenters. The molecule has 0 saturated carbocycles. The van der Waals surface area contributed by atoms with Gasteiger partial charge in [-0.15, -0.1) is 0 Å². The quantitative estimate of drug-likeness (QED) is 0.773. The Bertz CT molecular complexity index is 664. The van der Waals surface area contributed by atoms with Crippen molar-refractivity contribution in [1.82, 2.24) is 9.62 Å². The molecule has 0 aliphatic carbocycles. The largest absolute Gasteiger partial charge is 0.376 e. The molecule has 1 atom stereocenters. The van der Waals surface area contributed by atoms with Crippen LogP contribution in [-0.2, 0) is 14.8 Å². The van der Waals surface area contributed by atoms with E-state index in [1.54, 1.807) is 28.6 Å². The fourth-order valence-corrected chi connectivity index (χ4v) is 4.69. The third-order valence-electron chi connectivity index (χ3n) is 4.33. The molecule has 0 aromatic heterocycles. The lowest BCUT2D eigenvalue weighted by molar-refractivity contribution is 0.114. The van der Waals surface area contributed by atoms with Crippen molar-refractivity contribution in [2.45, 2.75) is 36.7 Å². The first-order valence-corrected chi connectivity index (χ1v) is 10.2. The zero-order chi connectivity index (χ0) is 17.0. The first-order valence-electron chi connectivity index (χ1n) is 8.32. The number of hydrogen-bond acceptors (Lipinski definition) is 4. The molecule has 1 aromatic carbocycles. The minimum absolute atomic E-state index is 0.220. The molecular weight excluding hydrogens is 346 g/mol. The summed E-state index contributed by atoms with van der Waals surface area (Å²) in [7, 11) is -3.36. The Labute approximate surface area is 148 Å². The van der Waals surface area contributed by atoms with E-state index in [1.165, 1.54) is 0 Å². The van der Waals surface area contributed by atoms with E-state index in [0.717, 1.165) is 38.0 Å². The summed E-state index contributed by atoms with van der Waals surface area (Å²) in [5.41, 5.74) is 0.764. The molecule has 2 N–H and O–H groups in total. The zero-order valence-corrected chi connectivity index (χ0v) is 15.2. The fourth-order valence-electron chi connectivity index (χ4n) is 2.97. The molecule has 2 heterocycles. The smallest absolute Gasteiger partial charge is 0.243 e. The number of anilines is 1. The molecule has 2 saturated heterocycles. The standard InChI is InChI=1S/C16H23N3O3S2/c20-24(21,19-9-1-2-10-19)15-7-5-13(6-8-15)18-16(23)17-12-14-4-3-11-22-14/h5-8,14H,1-4,9-12H2,(H2,17,18,23)/t14-/m1/s1. The van der Waals surface area contributed by atoms with Crippen LogP contribution >= 0.6 is 12.2 Å². The van der Waals surface area contributed by atoms with Gasteiger partial charge in [0.1, 0.15) is 0 Å². The molecule has 2 aliphatic heterocycles. The van der Waals surface area contributed by atoms with E-state index < -0.39 is 10.0 Å². The van der Waals surface area contributed by atoms with Crippen LogP contribution in [0, 0.1) is 0 Å². The van der Waals surface area contributed by atoms with Crippen molar-refractivity contribution in [3.05, 3.63) is 24.3 Å². The summed E-state index contributed by atoms with van der Waals surface area (Å²) >= 11 is 5.26. The molecule has 0 bridgehead atoms. The van der Waals surface area contributed by atoms with Gasteiger partial charge < -0.3 is 15.4 Å². The van der Waals surface area contributed by atoms with Gasteiger partial charge in [0.2, 0.25) is 10.0 Å². The van der Waals surface area contributed by atoms with Crippen molar-refractivity contribution in [3.8, 4) is 0 Å². The number of hydrogen-bond donors (Lipinski definition) is 2. The Morgan fingerprint density at radius 2 is 1.92 bits per heavy atom. The maximum Gasteiger partial charge on any atom is 0.243 e. The highest BCUT2D eigenvalue weighted by Gasteiger charge is 2.26. The Morgan fingerprint density at radius 1 is 1.21 bits per heavy atom. The highest BCUT2D eigenvalue weighted by Crippen LogP contribution is 2.22. The van der Waals surface area contributed by atoms with Crippen molar-refractivity contribution in [2.24, 2.45) is 0 Å². The van der Waals surface area contributed by atoms with Gasteiger partial charge in [-0.05, 0) is 62.2 Å². The van der Waals surface area contributed by atoms with E-state index in [1.807, 2.05) is 0 Å². The normalized spacial score (nSPS) is 21.8. The van der Waals surface area contributed by atoms with E-state index >= 15 is 0 Å². The Morgan fingerprint density at radius 3 is 2.54 bits per heavy atom. The van der Waals surface area contributed by atoms with Crippen LogP contribution < -0.4 is 10.6 Å². The number of sulfonamides is 1. The predicted molar refractivity (Wildman–Crippen MR) is 97.6 cm³/mol. The van der Waals surface area contributed by atoms with Gasteiger partial charge in [-0.25, -0.2) is 8.42 Å². The van der Waals surface area contributed by atoms with Crippen molar-refractivity contribution < 1.29 is 13.2 Å². The zero-order valence-electron chi connectivity index (χ0n) is 13.5. The molecule has 2 fully saturated rings. The molecule has 1 aromatic rings. The Kier molecular flexibility index (Phi) is 5.70. The number of rotatable bonds is 5. The lowest BCUT2D eigenvalue weighted by Crippen LogP contribution is -2.34. The van der Waals surface area contributed by atoms with E-state index in [0.29, 0.717) is 29.6 Å². The molecule has 0 amide bonds. The number of benzene rings is 1. The number of thiocarbonyl (C=S) groups is 1. The maximum absolute atomic E-state index is 12.5. The Hall–Kier alpha value is -1.22. The van der Waals surface area contributed by atoms with Crippen LogP contribution in [0.3, 0.4) is 0 Å². The SMILES string of the molecule is O=S(=O)(c1ccc(NC(=S)NC[C@H]2CCCO2)cc1)N1CCCC1. The van der Waals surface area contributed by atoms with Crippen LogP contribution in [0.1, 0.15) is 25.7 Å². The van der Waals surface area contributed by atoms with Gasteiger partial charge in [0.25, 0.3) is 0 Å². The number of nitrogens with one attached hydrogen (secondary N) is 2. The second kappa shape index (κ2) is 7.77. The van der Waals surface area contributed by atoms with Gasteiger partial charge in [0.15, 0.2) is 5.11 Å². The first-order chi connectivity index (χ1) is 11.6. The van der Waals surface area contributed by atoms with E-state index in [2.05, 4.69) is 10.6 Å². The molecule has 0 spiro atoms. The minimum atomic E-state index is -3.36. The van der Waals surface area contributed by atoms with Gasteiger partial charge in [-0.3, -0.25) is 0 Å². The monoisotopic (exact) mass is 369 g/mol. The summed E-state index contributed by atoms with van der Waals surface area (Å²) in [6.07, 6.45) is 4.24. The average Bonchev–Trinajstić information content (AvgIpc) is 3.27. The molecule has 6 nitrogen and oxygen atoms in total. The van der Waals surface area contributed by atoms with E-state index in [4.69, 9.17) is 17.0 Å². The van der Waals surface area contributed by atoms with Crippen molar-refractivity contribution in [1.29, 1.82) is 0 Å². The maximum atomic E-state index is 12.5. The molecule has 24 heavy (non-hydrogen) atoms. The minimum Gasteiger partial charge on any atom is -0.376 e. The molecular formula is C16H23N3O3S2. The average molecular weight is 370 g/mol. The van der Waals surface area contributed by atoms with Crippen LogP contribution in [0.2, 0.25) is 0 Å². The van der Waals surface area contributed by atoms with Crippen LogP contribution in [0.5, 0.6) is 0 Å². The van der Waals surface area contributed by atoms with Crippen molar-refractivity contribution >= 4 is 33.0 Å². The highest BCUT2D eigenvalue weighted by molar-refractivity contribution is 7.89.